The van der Waals surface area contributed by atoms with Crippen molar-refractivity contribution < 1.29 is 4.39 Å². The first-order chi connectivity index (χ1) is 10.0. The van der Waals surface area contributed by atoms with Gasteiger partial charge in [-0.05, 0) is 50.6 Å². The minimum Gasteiger partial charge on any atom is -0.306 e. The molecule has 3 heteroatoms. The van der Waals surface area contributed by atoms with E-state index in [4.69, 9.17) is 11.6 Å². The van der Waals surface area contributed by atoms with Crippen LogP contribution in [0.15, 0.2) is 36.4 Å². The first-order valence-electron chi connectivity index (χ1n) is 7.27. The highest BCUT2D eigenvalue weighted by Crippen LogP contribution is 2.28. The number of aryl methyl sites for hydroxylation is 2. The number of hydrogen-bond acceptors (Lipinski definition) is 1. The largest absolute Gasteiger partial charge is 0.306 e. The van der Waals surface area contributed by atoms with E-state index in [0.29, 0.717) is 10.6 Å². The molecular weight excluding hydrogens is 285 g/mol. The van der Waals surface area contributed by atoms with Gasteiger partial charge in [0, 0.05) is 10.6 Å². The smallest absolute Gasteiger partial charge is 0.128 e. The Morgan fingerprint density at radius 3 is 2.38 bits per heavy atom. The highest BCUT2D eigenvalue weighted by Gasteiger charge is 2.18. The lowest BCUT2D eigenvalue weighted by Gasteiger charge is -2.21. The predicted octanol–water partition coefficient (Wildman–Crippen LogP) is 5.18. The molecule has 0 aromatic heterocycles. The molecule has 0 aliphatic rings. The molecule has 0 bridgehead atoms. The van der Waals surface area contributed by atoms with Crippen LogP contribution in [-0.4, -0.2) is 6.54 Å². The fraction of sp³-hybridized carbons (Fsp3) is 0.333. The molecule has 21 heavy (non-hydrogen) atoms. The molecule has 1 atom stereocenters. The molecule has 0 heterocycles. The van der Waals surface area contributed by atoms with Crippen LogP contribution < -0.4 is 5.32 Å². The molecule has 1 N–H and O–H groups in total. The fourth-order valence-corrected chi connectivity index (χ4v) is 2.79. The second kappa shape index (κ2) is 7.06. The molecule has 0 spiro atoms. The lowest BCUT2D eigenvalue weighted by atomic mass is 9.95. The summed E-state index contributed by atoms with van der Waals surface area (Å²) in [6.45, 7) is 7.03. The van der Waals surface area contributed by atoms with Crippen LogP contribution in [0.25, 0.3) is 0 Å². The number of benzene rings is 2. The van der Waals surface area contributed by atoms with Gasteiger partial charge in [0.15, 0.2) is 0 Å². The highest BCUT2D eigenvalue weighted by molar-refractivity contribution is 6.30. The van der Waals surface area contributed by atoms with E-state index in [1.807, 2.05) is 0 Å². The summed E-state index contributed by atoms with van der Waals surface area (Å²) in [6, 6.07) is 10.9. The number of nitrogens with one attached hydrogen (secondary N) is 1. The Kier molecular flexibility index (Phi) is 5.38. The molecule has 112 valence electrons. The zero-order valence-electron chi connectivity index (χ0n) is 12.7. The lowest BCUT2D eigenvalue weighted by Crippen LogP contribution is -2.24. The van der Waals surface area contributed by atoms with Crippen molar-refractivity contribution in [2.75, 3.05) is 6.54 Å². The third-order valence-corrected chi connectivity index (χ3v) is 3.68. The summed E-state index contributed by atoms with van der Waals surface area (Å²) in [7, 11) is 0. The molecule has 0 radical (unpaired) electrons. The Hall–Kier alpha value is -1.38. The zero-order chi connectivity index (χ0) is 15.4. The number of rotatable bonds is 5. The molecule has 2 rings (SSSR count). The van der Waals surface area contributed by atoms with Crippen LogP contribution in [0, 0.1) is 19.7 Å². The van der Waals surface area contributed by atoms with Crippen LogP contribution in [0.3, 0.4) is 0 Å². The van der Waals surface area contributed by atoms with Gasteiger partial charge >= 0.3 is 0 Å². The summed E-state index contributed by atoms with van der Waals surface area (Å²) in [6.07, 6.45) is 0.990. The van der Waals surface area contributed by atoms with E-state index in [9.17, 15) is 4.39 Å². The topological polar surface area (TPSA) is 12.0 Å². The molecule has 0 aliphatic carbocycles. The van der Waals surface area contributed by atoms with E-state index in [0.717, 1.165) is 18.5 Å². The highest BCUT2D eigenvalue weighted by atomic mass is 35.5. The number of hydrogen-bond donors (Lipinski definition) is 1. The molecule has 0 fully saturated rings. The summed E-state index contributed by atoms with van der Waals surface area (Å²) in [5.74, 6) is -0.229. The van der Waals surface area contributed by atoms with E-state index < -0.39 is 0 Å². The van der Waals surface area contributed by atoms with E-state index in [2.05, 4.69) is 44.3 Å². The van der Waals surface area contributed by atoms with Gasteiger partial charge in [-0.2, -0.15) is 0 Å². The molecular formula is C18H21ClFN. The van der Waals surface area contributed by atoms with Crippen LogP contribution in [0.2, 0.25) is 5.02 Å². The minimum atomic E-state index is -0.229. The first kappa shape index (κ1) is 16.0. The Labute approximate surface area is 131 Å². The average Bonchev–Trinajstić information content (AvgIpc) is 2.42. The molecule has 0 amide bonds. The van der Waals surface area contributed by atoms with E-state index in [-0.39, 0.29) is 11.9 Å². The zero-order valence-corrected chi connectivity index (χ0v) is 13.5. The van der Waals surface area contributed by atoms with E-state index in [1.54, 1.807) is 12.1 Å². The van der Waals surface area contributed by atoms with Gasteiger partial charge in [-0.25, -0.2) is 4.39 Å². The van der Waals surface area contributed by atoms with Gasteiger partial charge in [0.05, 0.1) is 6.04 Å². The summed E-state index contributed by atoms with van der Waals surface area (Å²) in [4.78, 5) is 0. The van der Waals surface area contributed by atoms with Crippen molar-refractivity contribution in [1.82, 2.24) is 5.32 Å². The van der Waals surface area contributed by atoms with Crippen molar-refractivity contribution in [1.29, 1.82) is 0 Å². The summed E-state index contributed by atoms with van der Waals surface area (Å²) in [5, 5.41) is 3.98. The van der Waals surface area contributed by atoms with Crippen molar-refractivity contribution in [3.63, 3.8) is 0 Å². The molecule has 1 nitrogen and oxygen atoms in total. The first-order valence-corrected chi connectivity index (χ1v) is 7.65. The van der Waals surface area contributed by atoms with Crippen molar-refractivity contribution in [2.45, 2.75) is 33.2 Å². The monoisotopic (exact) mass is 305 g/mol. The average molecular weight is 306 g/mol. The fourth-order valence-electron chi connectivity index (χ4n) is 2.61. The summed E-state index contributed by atoms with van der Waals surface area (Å²) < 4.78 is 14.2. The molecule has 0 saturated carbocycles. The maximum atomic E-state index is 14.2. The van der Waals surface area contributed by atoms with Gasteiger partial charge in [0.25, 0.3) is 0 Å². The standard InChI is InChI=1S/C18H21ClFN/c1-4-7-21-18(14-9-12(2)8-13(3)10-14)16-11-15(19)5-6-17(16)20/h5-6,8-11,18,21H,4,7H2,1-3H3. The van der Waals surface area contributed by atoms with E-state index >= 15 is 0 Å². The van der Waals surface area contributed by atoms with Gasteiger partial charge < -0.3 is 5.32 Å². The van der Waals surface area contributed by atoms with Crippen LogP contribution in [0.5, 0.6) is 0 Å². The van der Waals surface area contributed by atoms with Gasteiger partial charge in [-0.15, -0.1) is 0 Å². The predicted molar refractivity (Wildman–Crippen MR) is 87.5 cm³/mol. The van der Waals surface area contributed by atoms with Crippen molar-refractivity contribution in [3.05, 3.63) is 69.5 Å². The molecule has 2 aromatic carbocycles. The van der Waals surface area contributed by atoms with Gasteiger partial charge in [-0.3, -0.25) is 0 Å². The van der Waals surface area contributed by atoms with Gasteiger partial charge in [0.2, 0.25) is 0 Å². The Balaban J connectivity index is 2.49. The summed E-state index contributed by atoms with van der Waals surface area (Å²) in [5.41, 5.74) is 4.02. The third kappa shape index (κ3) is 4.05. The van der Waals surface area contributed by atoms with Crippen molar-refractivity contribution in [3.8, 4) is 0 Å². The van der Waals surface area contributed by atoms with Crippen LogP contribution in [0.4, 0.5) is 4.39 Å². The second-order valence-corrected chi connectivity index (χ2v) is 5.91. The maximum absolute atomic E-state index is 14.2. The molecule has 2 aromatic rings. The van der Waals surface area contributed by atoms with Crippen LogP contribution in [-0.2, 0) is 0 Å². The minimum absolute atomic E-state index is 0.178. The van der Waals surface area contributed by atoms with Crippen molar-refractivity contribution in [2.24, 2.45) is 0 Å². The van der Waals surface area contributed by atoms with Gasteiger partial charge in [-0.1, -0.05) is 47.9 Å². The quantitative estimate of drug-likeness (QED) is 0.802. The SMILES string of the molecule is CCCNC(c1cc(C)cc(C)c1)c1cc(Cl)ccc1F. The maximum Gasteiger partial charge on any atom is 0.128 e. The third-order valence-electron chi connectivity index (χ3n) is 3.44. The Bertz CT molecular complexity index is 604. The second-order valence-electron chi connectivity index (χ2n) is 5.47. The lowest BCUT2D eigenvalue weighted by molar-refractivity contribution is 0.546. The summed E-state index contributed by atoms with van der Waals surface area (Å²) >= 11 is 6.05. The van der Waals surface area contributed by atoms with Crippen LogP contribution >= 0.6 is 11.6 Å². The van der Waals surface area contributed by atoms with Crippen molar-refractivity contribution >= 4 is 11.6 Å². The normalized spacial score (nSPS) is 12.4. The number of halogens is 2. The Morgan fingerprint density at radius 2 is 1.76 bits per heavy atom. The molecule has 1 unspecified atom stereocenters. The molecule has 0 saturated heterocycles. The van der Waals surface area contributed by atoms with Crippen LogP contribution in [0.1, 0.15) is 41.6 Å². The molecule has 0 aliphatic heterocycles. The van der Waals surface area contributed by atoms with Gasteiger partial charge in [0.1, 0.15) is 5.82 Å². The Morgan fingerprint density at radius 1 is 1.10 bits per heavy atom. The van der Waals surface area contributed by atoms with E-state index in [1.165, 1.54) is 17.2 Å².